The third-order valence-electron chi connectivity index (χ3n) is 3.61. The fourth-order valence-electron chi connectivity index (χ4n) is 2.15. The zero-order chi connectivity index (χ0) is 15.1. The summed E-state index contributed by atoms with van der Waals surface area (Å²) in [7, 11) is 1.65. The zero-order valence-corrected chi connectivity index (χ0v) is 12.4. The van der Waals surface area contributed by atoms with Crippen LogP contribution in [0.25, 0.3) is 0 Å². The molecule has 0 atom stereocenters. The van der Waals surface area contributed by atoms with Crippen LogP contribution in [0.2, 0.25) is 0 Å². The van der Waals surface area contributed by atoms with Crippen LogP contribution in [0.5, 0.6) is 0 Å². The van der Waals surface area contributed by atoms with Gasteiger partial charge in [0.15, 0.2) is 0 Å². The molecule has 1 heterocycles. The number of ether oxygens (including phenoxy) is 3. The van der Waals surface area contributed by atoms with E-state index in [9.17, 15) is 4.79 Å². The van der Waals surface area contributed by atoms with Crippen LogP contribution in [0.15, 0.2) is 6.20 Å². The number of rotatable bonds is 9. The van der Waals surface area contributed by atoms with E-state index >= 15 is 0 Å². The molecule has 0 spiro atoms. The second-order valence-electron chi connectivity index (χ2n) is 5.25. The van der Waals surface area contributed by atoms with Crippen LogP contribution in [-0.4, -0.2) is 49.5 Å². The third kappa shape index (κ3) is 4.26. The Bertz CT molecular complexity index is 457. The summed E-state index contributed by atoms with van der Waals surface area (Å²) >= 11 is 0. The summed E-state index contributed by atoms with van der Waals surface area (Å²) in [6, 6.07) is 0. The second kappa shape index (κ2) is 7.53. The monoisotopic (exact) mass is 297 g/mol. The minimum absolute atomic E-state index is 0.216. The molecule has 0 bridgehead atoms. The van der Waals surface area contributed by atoms with Crippen LogP contribution >= 0.6 is 0 Å². The van der Waals surface area contributed by atoms with Gasteiger partial charge in [0.25, 0.3) is 0 Å². The topological polar surface area (TPSA) is 99.5 Å². The number of nitrogens with zero attached hydrogens (tertiary/aromatic N) is 1. The molecule has 1 aromatic heterocycles. The van der Waals surface area contributed by atoms with Crippen LogP contribution in [-0.2, 0) is 19.7 Å². The minimum atomic E-state index is -0.433. The number of hydrogen-bond donors (Lipinski definition) is 2. The van der Waals surface area contributed by atoms with E-state index in [-0.39, 0.29) is 6.61 Å². The molecule has 21 heavy (non-hydrogen) atoms. The van der Waals surface area contributed by atoms with E-state index in [1.807, 2.05) is 0 Å². The average Bonchev–Trinajstić information content (AvgIpc) is 2.93. The summed E-state index contributed by atoms with van der Waals surface area (Å²) in [6.45, 7) is 1.85. The summed E-state index contributed by atoms with van der Waals surface area (Å²) in [5.74, 6) is 0.230. The van der Waals surface area contributed by atoms with Gasteiger partial charge in [0.1, 0.15) is 18.1 Å². The summed E-state index contributed by atoms with van der Waals surface area (Å²) in [5, 5.41) is 0. The highest BCUT2D eigenvalue weighted by Crippen LogP contribution is 2.36. The first-order valence-electron chi connectivity index (χ1n) is 7.24. The number of imidazole rings is 1. The molecule has 2 rings (SSSR count). The van der Waals surface area contributed by atoms with Crippen LogP contribution in [0.4, 0.5) is 0 Å². The van der Waals surface area contributed by atoms with Gasteiger partial charge in [-0.1, -0.05) is 0 Å². The van der Waals surface area contributed by atoms with E-state index in [0.717, 1.165) is 25.7 Å². The predicted molar refractivity (Wildman–Crippen MR) is 75.9 cm³/mol. The Morgan fingerprint density at radius 2 is 2.19 bits per heavy atom. The Morgan fingerprint density at radius 3 is 2.86 bits per heavy atom. The molecule has 0 aliphatic heterocycles. The van der Waals surface area contributed by atoms with Crippen LogP contribution in [0.3, 0.4) is 0 Å². The molecule has 0 radical (unpaired) electrons. The van der Waals surface area contributed by atoms with Gasteiger partial charge in [0, 0.05) is 20.3 Å². The first kappa shape index (κ1) is 15.9. The number of carbonyl (C=O) groups is 1. The fraction of sp³-hybridized carbons (Fsp3) is 0.714. The standard InChI is InChI=1S/C14H23N3O4/c1-19-6-3-7-20-8-9-21-12(18)11-10-16-13(17-11)14(15)4-2-5-14/h10H,2-9,15H2,1H3,(H,16,17). The number of nitrogens with one attached hydrogen (secondary N) is 1. The van der Waals surface area contributed by atoms with E-state index in [2.05, 4.69) is 9.97 Å². The highest BCUT2D eigenvalue weighted by molar-refractivity contribution is 5.87. The van der Waals surface area contributed by atoms with Gasteiger partial charge in [-0.25, -0.2) is 9.78 Å². The van der Waals surface area contributed by atoms with Gasteiger partial charge < -0.3 is 24.9 Å². The lowest BCUT2D eigenvalue weighted by Crippen LogP contribution is -2.44. The highest BCUT2D eigenvalue weighted by atomic mass is 16.6. The molecule has 0 saturated heterocycles. The SMILES string of the molecule is COCCCOCCOC(=O)c1cnc(C2(N)CCC2)[nH]1. The molecule has 3 N–H and O–H groups in total. The number of H-pyrrole nitrogens is 1. The first-order chi connectivity index (χ1) is 10.2. The molecule has 1 aliphatic rings. The van der Waals surface area contributed by atoms with E-state index in [4.69, 9.17) is 19.9 Å². The Kier molecular flexibility index (Phi) is 5.72. The molecule has 7 heteroatoms. The van der Waals surface area contributed by atoms with Crippen molar-refractivity contribution in [2.45, 2.75) is 31.2 Å². The smallest absolute Gasteiger partial charge is 0.356 e. The molecule has 7 nitrogen and oxygen atoms in total. The van der Waals surface area contributed by atoms with E-state index < -0.39 is 11.5 Å². The Labute approximate surface area is 124 Å². The van der Waals surface area contributed by atoms with Crippen LogP contribution in [0.1, 0.15) is 42.0 Å². The number of aromatic amines is 1. The molecule has 1 fully saturated rings. The van der Waals surface area contributed by atoms with Gasteiger partial charge in [-0.15, -0.1) is 0 Å². The van der Waals surface area contributed by atoms with Crippen molar-refractivity contribution in [2.24, 2.45) is 5.73 Å². The van der Waals surface area contributed by atoms with Crippen LogP contribution in [0, 0.1) is 0 Å². The second-order valence-corrected chi connectivity index (χ2v) is 5.25. The van der Waals surface area contributed by atoms with E-state index in [0.29, 0.717) is 31.3 Å². The van der Waals surface area contributed by atoms with Crippen molar-refractivity contribution >= 4 is 5.97 Å². The quantitative estimate of drug-likeness (QED) is 0.520. The van der Waals surface area contributed by atoms with Crippen molar-refractivity contribution in [2.75, 3.05) is 33.5 Å². The average molecular weight is 297 g/mol. The predicted octanol–water partition coefficient (Wildman–Crippen LogP) is 0.958. The maximum atomic E-state index is 11.8. The van der Waals surface area contributed by atoms with Crippen molar-refractivity contribution < 1.29 is 19.0 Å². The third-order valence-corrected chi connectivity index (χ3v) is 3.61. The molecular formula is C14H23N3O4. The first-order valence-corrected chi connectivity index (χ1v) is 7.24. The zero-order valence-electron chi connectivity index (χ0n) is 12.4. The largest absolute Gasteiger partial charge is 0.459 e. The number of esters is 1. The number of hydrogen-bond acceptors (Lipinski definition) is 6. The molecule has 0 unspecified atom stereocenters. The molecule has 0 aromatic carbocycles. The van der Waals surface area contributed by atoms with Gasteiger partial charge in [0.05, 0.1) is 18.3 Å². The summed E-state index contributed by atoms with van der Waals surface area (Å²) in [6.07, 6.45) is 5.18. The molecular weight excluding hydrogens is 274 g/mol. The van der Waals surface area contributed by atoms with Gasteiger partial charge >= 0.3 is 5.97 Å². The van der Waals surface area contributed by atoms with Crippen LogP contribution < -0.4 is 5.73 Å². The van der Waals surface area contributed by atoms with Gasteiger partial charge in [-0.05, 0) is 25.7 Å². The number of methoxy groups -OCH3 is 1. The summed E-state index contributed by atoms with van der Waals surface area (Å²) in [4.78, 5) is 19.0. The van der Waals surface area contributed by atoms with Crippen molar-refractivity contribution in [3.05, 3.63) is 17.7 Å². The lowest BCUT2D eigenvalue weighted by atomic mass is 9.77. The van der Waals surface area contributed by atoms with Gasteiger partial charge in [-0.3, -0.25) is 0 Å². The van der Waals surface area contributed by atoms with Gasteiger partial charge in [0.2, 0.25) is 0 Å². The lowest BCUT2D eigenvalue weighted by molar-refractivity contribution is 0.0283. The number of carbonyl (C=O) groups excluding carboxylic acids is 1. The Morgan fingerprint density at radius 1 is 1.38 bits per heavy atom. The fourth-order valence-corrected chi connectivity index (χ4v) is 2.15. The molecule has 118 valence electrons. The van der Waals surface area contributed by atoms with Crippen molar-refractivity contribution in [3.63, 3.8) is 0 Å². The maximum Gasteiger partial charge on any atom is 0.356 e. The molecule has 0 amide bonds. The molecule has 1 aromatic rings. The maximum absolute atomic E-state index is 11.8. The minimum Gasteiger partial charge on any atom is -0.459 e. The van der Waals surface area contributed by atoms with Crippen molar-refractivity contribution in [3.8, 4) is 0 Å². The Hall–Kier alpha value is -1.44. The number of nitrogens with two attached hydrogens (primary N) is 1. The summed E-state index contributed by atoms with van der Waals surface area (Å²) in [5.41, 5.74) is 6.08. The normalized spacial score (nSPS) is 16.5. The number of aromatic nitrogens is 2. The molecule has 1 saturated carbocycles. The summed E-state index contributed by atoms with van der Waals surface area (Å²) < 4.78 is 15.3. The van der Waals surface area contributed by atoms with E-state index in [1.165, 1.54) is 6.20 Å². The highest BCUT2D eigenvalue weighted by Gasteiger charge is 2.37. The molecule has 1 aliphatic carbocycles. The van der Waals surface area contributed by atoms with Crippen molar-refractivity contribution in [1.82, 2.24) is 9.97 Å². The lowest BCUT2D eigenvalue weighted by Gasteiger charge is -2.35. The van der Waals surface area contributed by atoms with E-state index in [1.54, 1.807) is 7.11 Å². The van der Waals surface area contributed by atoms with Crippen molar-refractivity contribution in [1.29, 1.82) is 0 Å². The van der Waals surface area contributed by atoms with Gasteiger partial charge in [-0.2, -0.15) is 0 Å². The Balaban J connectivity index is 1.67.